The Bertz CT molecular complexity index is 514. The second-order valence-electron chi connectivity index (χ2n) is 4.67. The number of methoxy groups -OCH3 is 1. The summed E-state index contributed by atoms with van der Waals surface area (Å²) in [5.41, 5.74) is 2.59. The van der Waals surface area contributed by atoms with E-state index in [0.717, 1.165) is 12.2 Å². The van der Waals surface area contributed by atoms with Gasteiger partial charge in [-0.05, 0) is 49.7 Å². The van der Waals surface area contributed by atoms with Gasteiger partial charge in [-0.25, -0.2) is 0 Å². The van der Waals surface area contributed by atoms with Gasteiger partial charge in [-0.3, -0.25) is 0 Å². The van der Waals surface area contributed by atoms with Crippen LogP contribution < -0.4 is 4.74 Å². The number of hydrogen-bond acceptors (Lipinski definition) is 2. The van der Waals surface area contributed by atoms with Gasteiger partial charge < -0.3 is 14.6 Å². The molecule has 3 heteroatoms. The number of hydrogen-bond donors (Lipinski definition) is 1. The molecular formula is C14H18N2O. The predicted molar refractivity (Wildman–Crippen MR) is 69.6 cm³/mol. The molecule has 0 atom stereocenters. The van der Waals surface area contributed by atoms with Crippen molar-refractivity contribution < 1.29 is 4.74 Å². The van der Waals surface area contributed by atoms with Crippen LogP contribution in [0.3, 0.4) is 0 Å². The lowest BCUT2D eigenvalue weighted by Gasteiger charge is -2.30. The van der Waals surface area contributed by atoms with Gasteiger partial charge in [0, 0.05) is 23.6 Å². The highest BCUT2D eigenvalue weighted by molar-refractivity contribution is 5.84. The van der Waals surface area contributed by atoms with Gasteiger partial charge in [0.1, 0.15) is 5.75 Å². The largest absolute Gasteiger partial charge is 0.497 e. The van der Waals surface area contributed by atoms with E-state index in [2.05, 4.69) is 28.2 Å². The van der Waals surface area contributed by atoms with Crippen LogP contribution in [0.5, 0.6) is 5.75 Å². The van der Waals surface area contributed by atoms with Crippen molar-refractivity contribution in [2.75, 3.05) is 26.7 Å². The Labute approximate surface area is 101 Å². The Hall–Kier alpha value is -1.48. The molecule has 0 aliphatic carbocycles. The van der Waals surface area contributed by atoms with Crippen LogP contribution in [0, 0.1) is 0 Å². The van der Waals surface area contributed by atoms with E-state index in [-0.39, 0.29) is 0 Å². The van der Waals surface area contributed by atoms with E-state index in [1.165, 1.54) is 42.5 Å². The lowest BCUT2D eigenvalue weighted by atomic mass is 10.1. The Balaban J connectivity index is 1.82. The molecule has 0 amide bonds. The van der Waals surface area contributed by atoms with Gasteiger partial charge >= 0.3 is 0 Å². The fourth-order valence-corrected chi connectivity index (χ4v) is 2.38. The summed E-state index contributed by atoms with van der Waals surface area (Å²) in [4.78, 5) is 5.82. The predicted octanol–water partition coefficient (Wildman–Crippen LogP) is 2.42. The summed E-state index contributed by atoms with van der Waals surface area (Å²) in [6.45, 7) is 3.71. The molecule has 3 rings (SSSR count). The smallest absolute Gasteiger partial charge is 0.119 e. The van der Waals surface area contributed by atoms with Crippen LogP contribution >= 0.6 is 0 Å². The standard InChI is InChI=1S/C14H18N2O/c1-17-12-3-4-14-13(9-12)11(10-15-14)5-8-16-6-2-7-16/h3-4,9-10,15H,2,5-8H2,1H3. The molecule has 0 bridgehead atoms. The molecule has 2 aromatic rings. The fourth-order valence-electron chi connectivity index (χ4n) is 2.38. The van der Waals surface area contributed by atoms with Crippen LogP contribution in [-0.4, -0.2) is 36.6 Å². The maximum Gasteiger partial charge on any atom is 0.119 e. The molecule has 1 aliphatic heterocycles. The number of aromatic nitrogens is 1. The van der Waals surface area contributed by atoms with Crippen molar-refractivity contribution in [1.29, 1.82) is 0 Å². The summed E-state index contributed by atoms with van der Waals surface area (Å²) in [5.74, 6) is 0.933. The molecule has 1 aromatic heterocycles. The maximum atomic E-state index is 5.28. The van der Waals surface area contributed by atoms with Gasteiger partial charge in [0.15, 0.2) is 0 Å². The van der Waals surface area contributed by atoms with E-state index in [4.69, 9.17) is 4.74 Å². The van der Waals surface area contributed by atoms with E-state index >= 15 is 0 Å². The highest BCUT2D eigenvalue weighted by Crippen LogP contribution is 2.24. The second-order valence-corrected chi connectivity index (χ2v) is 4.67. The lowest BCUT2D eigenvalue weighted by Crippen LogP contribution is -2.38. The monoisotopic (exact) mass is 230 g/mol. The highest BCUT2D eigenvalue weighted by atomic mass is 16.5. The van der Waals surface area contributed by atoms with E-state index in [0.29, 0.717) is 0 Å². The Morgan fingerprint density at radius 1 is 1.35 bits per heavy atom. The number of benzene rings is 1. The van der Waals surface area contributed by atoms with Gasteiger partial charge in [-0.15, -0.1) is 0 Å². The SMILES string of the molecule is COc1ccc2[nH]cc(CCN3CCC3)c2c1. The molecule has 1 aromatic carbocycles. The molecule has 0 unspecified atom stereocenters. The molecule has 1 fully saturated rings. The summed E-state index contributed by atoms with van der Waals surface area (Å²) >= 11 is 0. The van der Waals surface area contributed by atoms with Crippen LogP contribution in [0.2, 0.25) is 0 Å². The Morgan fingerprint density at radius 3 is 2.94 bits per heavy atom. The summed E-state index contributed by atoms with van der Waals surface area (Å²) in [5, 5.41) is 1.30. The number of rotatable bonds is 4. The van der Waals surface area contributed by atoms with Crippen molar-refractivity contribution in [2.24, 2.45) is 0 Å². The van der Waals surface area contributed by atoms with Gasteiger partial charge in [-0.1, -0.05) is 0 Å². The van der Waals surface area contributed by atoms with Crippen molar-refractivity contribution >= 4 is 10.9 Å². The van der Waals surface area contributed by atoms with Gasteiger partial charge in [0.25, 0.3) is 0 Å². The fraction of sp³-hybridized carbons (Fsp3) is 0.429. The average Bonchev–Trinajstić information content (AvgIpc) is 2.69. The molecule has 2 heterocycles. The molecule has 90 valence electrons. The second kappa shape index (κ2) is 4.41. The number of nitrogens with zero attached hydrogens (tertiary/aromatic N) is 1. The highest BCUT2D eigenvalue weighted by Gasteiger charge is 2.14. The minimum atomic E-state index is 0.933. The zero-order chi connectivity index (χ0) is 11.7. The van der Waals surface area contributed by atoms with Crippen molar-refractivity contribution in [3.05, 3.63) is 30.0 Å². The number of ether oxygens (including phenoxy) is 1. The van der Waals surface area contributed by atoms with Crippen LogP contribution in [0.4, 0.5) is 0 Å². The van der Waals surface area contributed by atoms with Crippen LogP contribution in [0.1, 0.15) is 12.0 Å². The van der Waals surface area contributed by atoms with Crippen LogP contribution in [0.15, 0.2) is 24.4 Å². The molecular weight excluding hydrogens is 212 g/mol. The summed E-state index contributed by atoms with van der Waals surface area (Å²) < 4.78 is 5.28. The quantitative estimate of drug-likeness (QED) is 0.873. The lowest BCUT2D eigenvalue weighted by molar-refractivity contribution is 0.184. The van der Waals surface area contributed by atoms with E-state index in [1.807, 2.05) is 6.07 Å². The Kier molecular flexibility index (Phi) is 2.77. The van der Waals surface area contributed by atoms with Crippen LogP contribution in [0.25, 0.3) is 10.9 Å². The van der Waals surface area contributed by atoms with E-state index in [1.54, 1.807) is 7.11 Å². The Morgan fingerprint density at radius 2 is 2.24 bits per heavy atom. The normalized spacial score (nSPS) is 16.1. The first kappa shape index (κ1) is 10.7. The first-order chi connectivity index (χ1) is 8.36. The molecule has 3 nitrogen and oxygen atoms in total. The van der Waals surface area contributed by atoms with Crippen molar-refractivity contribution in [3.8, 4) is 5.75 Å². The number of fused-ring (bicyclic) bond motifs is 1. The van der Waals surface area contributed by atoms with E-state index in [9.17, 15) is 0 Å². The number of nitrogens with one attached hydrogen (secondary N) is 1. The molecule has 0 spiro atoms. The minimum Gasteiger partial charge on any atom is -0.497 e. The molecule has 0 saturated carbocycles. The number of aromatic amines is 1. The average molecular weight is 230 g/mol. The van der Waals surface area contributed by atoms with Crippen molar-refractivity contribution in [3.63, 3.8) is 0 Å². The summed E-state index contributed by atoms with van der Waals surface area (Å²) in [6, 6.07) is 6.20. The third-order valence-electron chi connectivity index (χ3n) is 3.62. The first-order valence-electron chi connectivity index (χ1n) is 6.23. The van der Waals surface area contributed by atoms with Gasteiger partial charge in [0.2, 0.25) is 0 Å². The first-order valence-corrected chi connectivity index (χ1v) is 6.23. The van der Waals surface area contributed by atoms with Gasteiger partial charge in [-0.2, -0.15) is 0 Å². The van der Waals surface area contributed by atoms with Crippen LogP contribution in [-0.2, 0) is 6.42 Å². The third kappa shape index (κ3) is 2.03. The molecule has 1 N–H and O–H groups in total. The third-order valence-corrected chi connectivity index (χ3v) is 3.62. The van der Waals surface area contributed by atoms with Gasteiger partial charge in [0.05, 0.1) is 7.11 Å². The summed E-state index contributed by atoms with van der Waals surface area (Å²) in [6.07, 6.45) is 4.61. The minimum absolute atomic E-state index is 0.933. The topological polar surface area (TPSA) is 28.3 Å². The van der Waals surface area contributed by atoms with E-state index < -0.39 is 0 Å². The number of H-pyrrole nitrogens is 1. The molecule has 1 saturated heterocycles. The van der Waals surface area contributed by atoms with Crippen molar-refractivity contribution in [2.45, 2.75) is 12.8 Å². The van der Waals surface area contributed by atoms with Crippen molar-refractivity contribution in [1.82, 2.24) is 9.88 Å². The molecule has 1 aliphatic rings. The summed E-state index contributed by atoms with van der Waals surface area (Å²) in [7, 11) is 1.72. The number of likely N-dealkylation sites (tertiary alicyclic amines) is 1. The maximum absolute atomic E-state index is 5.28. The zero-order valence-electron chi connectivity index (χ0n) is 10.2. The molecule has 17 heavy (non-hydrogen) atoms. The molecule has 0 radical (unpaired) electrons. The zero-order valence-corrected chi connectivity index (χ0v) is 10.2.